The van der Waals surface area contributed by atoms with E-state index in [0.717, 1.165) is 5.56 Å². The summed E-state index contributed by atoms with van der Waals surface area (Å²) in [5, 5.41) is 20.6. The van der Waals surface area contributed by atoms with Gasteiger partial charge >= 0.3 is 0 Å². The summed E-state index contributed by atoms with van der Waals surface area (Å²) in [6.07, 6.45) is -0.753. The maximum atomic E-state index is 10.9. The molecule has 1 fully saturated rings. The average molecular weight is 220 g/mol. The van der Waals surface area contributed by atoms with Crippen LogP contribution in [0.1, 0.15) is 12.0 Å². The number of benzene rings is 1. The zero-order valence-corrected chi connectivity index (χ0v) is 8.87. The average Bonchev–Trinajstić information content (AvgIpc) is 2.62. The number of hydrogen-bond acceptors (Lipinski definition) is 3. The molecule has 1 amide bonds. The van der Waals surface area contributed by atoms with Crippen LogP contribution in [-0.4, -0.2) is 34.8 Å². The lowest BCUT2D eigenvalue weighted by Gasteiger charge is -2.28. The first-order chi connectivity index (χ1) is 7.68. The van der Waals surface area contributed by atoms with Crippen molar-refractivity contribution >= 4 is 6.09 Å². The molecule has 2 rings (SSSR count). The van der Waals surface area contributed by atoms with E-state index in [2.05, 4.69) is 0 Å². The lowest BCUT2D eigenvalue weighted by Crippen LogP contribution is -2.47. The topological polar surface area (TPSA) is 63.6 Å². The number of carbonyl (C=O) groups excluding carboxylic acids is 1. The van der Waals surface area contributed by atoms with Gasteiger partial charge in [0.25, 0.3) is 0 Å². The number of carbonyl (C=O) groups is 1. The fourth-order valence-corrected chi connectivity index (χ4v) is 2.17. The van der Waals surface area contributed by atoms with E-state index in [9.17, 15) is 15.0 Å². The van der Waals surface area contributed by atoms with Crippen molar-refractivity contribution in [2.24, 2.45) is 0 Å². The summed E-state index contributed by atoms with van der Waals surface area (Å²) < 4.78 is 0. The minimum absolute atomic E-state index is 0.362. The molecule has 2 unspecified atom stereocenters. The van der Waals surface area contributed by atoms with Gasteiger partial charge in [0.2, 0.25) is 0 Å². The van der Waals surface area contributed by atoms with Gasteiger partial charge in [0, 0.05) is 6.54 Å². The van der Waals surface area contributed by atoms with Crippen LogP contribution < -0.4 is 5.11 Å². The van der Waals surface area contributed by atoms with Crippen LogP contribution >= 0.6 is 0 Å². The van der Waals surface area contributed by atoms with E-state index in [4.69, 9.17) is 0 Å². The zero-order chi connectivity index (χ0) is 11.5. The third-order valence-electron chi connectivity index (χ3n) is 3.03. The monoisotopic (exact) mass is 220 g/mol. The minimum Gasteiger partial charge on any atom is -0.530 e. The lowest BCUT2D eigenvalue weighted by molar-refractivity contribution is -0.267. The highest BCUT2D eigenvalue weighted by atomic mass is 16.4. The molecule has 4 heteroatoms. The summed E-state index contributed by atoms with van der Waals surface area (Å²) in [6, 6.07) is 9.20. The molecule has 86 valence electrons. The Morgan fingerprint density at radius 1 is 1.44 bits per heavy atom. The van der Waals surface area contributed by atoms with E-state index in [0.29, 0.717) is 19.4 Å². The van der Waals surface area contributed by atoms with Crippen molar-refractivity contribution in [2.75, 3.05) is 6.54 Å². The second-order valence-corrected chi connectivity index (χ2v) is 4.07. The van der Waals surface area contributed by atoms with Gasteiger partial charge < -0.3 is 19.9 Å². The first-order valence-electron chi connectivity index (χ1n) is 5.38. The van der Waals surface area contributed by atoms with Crippen molar-refractivity contribution in [3.8, 4) is 0 Å². The molecule has 0 radical (unpaired) electrons. The lowest BCUT2D eigenvalue weighted by atomic mass is 10.0. The van der Waals surface area contributed by atoms with Crippen LogP contribution in [0.15, 0.2) is 30.3 Å². The van der Waals surface area contributed by atoms with Gasteiger partial charge in [0.1, 0.15) is 6.09 Å². The highest BCUT2D eigenvalue weighted by molar-refractivity contribution is 5.63. The third-order valence-corrected chi connectivity index (χ3v) is 3.03. The molecule has 0 saturated carbocycles. The molecular formula is C12H14NO3-. The number of hydrogen-bond donors (Lipinski definition) is 1. The molecule has 1 aliphatic heterocycles. The van der Waals surface area contributed by atoms with E-state index in [1.54, 1.807) is 0 Å². The SMILES string of the molecule is O=C([O-])N1CCC(O)C1Cc1ccccc1. The highest BCUT2D eigenvalue weighted by Crippen LogP contribution is 2.21. The number of rotatable bonds is 2. The van der Waals surface area contributed by atoms with Gasteiger partial charge in [-0.05, 0) is 18.4 Å². The minimum atomic E-state index is -1.20. The van der Waals surface area contributed by atoms with Gasteiger partial charge in [-0.3, -0.25) is 0 Å². The molecule has 0 spiro atoms. The summed E-state index contributed by atoms with van der Waals surface area (Å²) in [5.41, 5.74) is 1.03. The quantitative estimate of drug-likeness (QED) is 0.763. The second-order valence-electron chi connectivity index (χ2n) is 4.07. The number of aliphatic hydroxyl groups excluding tert-OH is 1. The predicted octanol–water partition coefficient (Wildman–Crippen LogP) is 0.00760. The van der Waals surface area contributed by atoms with Gasteiger partial charge in [-0.15, -0.1) is 0 Å². The standard InChI is InChI=1S/C12H15NO3/c14-11-6-7-13(12(15)16)10(11)8-9-4-2-1-3-5-9/h1-5,10-11,14H,6-8H2,(H,15,16)/p-1. The Labute approximate surface area is 94.1 Å². The highest BCUT2D eigenvalue weighted by Gasteiger charge is 2.32. The first-order valence-corrected chi connectivity index (χ1v) is 5.38. The van der Waals surface area contributed by atoms with Gasteiger partial charge in [0.15, 0.2) is 0 Å². The van der Waals surface area contributed by atoms with Crippen LogP contribution in [-0.2, 0) is 6.42 Å². The molecule has 1 aliphatic rings. The first kappa shape index (κ1) is 11.0. The van der Waals surface area contributed by atoms with Crippen molar-refractivity contribution in [2.45, 2.75) is 25.0 Å². The van der Waals surface area contributed by atoms with E-state index < -0.39 is 12.2 Å². The molecule has 1 heterocycles. The third kappa shape index (κ3) is 2.17. The number of likely N-dealkylation sites (tertiary alicyclic amines) is 1. The maximum Gasteiger partial charge on any atom is 0.137 e. The number of aliphatic hydroxyl groups is 1. The van der Waals surface area contributed by atoms with Crippen molar-refractivity contribution in [3.05, 3.63) is 35.9 Å². The second kappa shape index (κ2) is 4.53. The molecule has 0 aromatic heterocycles. The molecule has 1 N–H and O–H groups in total. The molecule has 2 atom stereocenters. The Bertz CT molecular complexity index is 366. The van der Waals surface area contributed by atoms with Gasteiger partial charge in [-0.2, -0.15) is 0 Å². The summed E-state index contributed by atoms with van der Waals surface area (Å²) in [6.45, 7) is 0.362. The van der Waals surface area contributed by atoms with E-state index in [-0.39, 0.29) is 6.04 Å². The Morgan fingerprint density at radius 3 is 2.75 bits per heavy atom. The van der Waals surface area contributed by atoms with Gasteiger partial charge in [0.05, 0.1) is 12.1 Å². The molecule has 0 bridgehead atoms. The van der Waals surface area contributed by atoms with Gasteiger partial charge in [-0.25, -0.2) is 0 Å². The van der Waals surface area contributed by atoms with Crippen LogP contribution in [0.5, 0.6) is 0 Å². The fraction of sp³-hybridized carbons (Fsp3) is 0.417. The number of amides is 1. The molecule has 1 aromatic carbocycles. The van der Waals surface area contributed by atoms with E-state index in [1.807, 2.05) is 30.3 Å². The zero-order valence-electron chi connectivity index (χ0n) is 8.87. The number of carboxylic acid groups (broad SMARTS) is 1. The summed E-state index contributed by atoms with van der Waals surface area (Å²) in [4.78, 5) is 12.1. The largest absolute Gasteiger partial charge is 0.530 e. The molecule has 0 aliphatic carbocycles. The van der Waals surface area contributed by atoms with Gasteiger partial charge in [-0.1, -0.05) is 30.3 Å². The van der Waals surface area contributed by atoms with E-state index in [1.165, 1.54) is 4.90 Å². The van der Waals surface area contributed by atoms with Crippen molar-refractivity contribution in [1.29, 1.82) is 0 Å². The smallest absolute Gasteiger partial charge is 0.137 e. The molecule has 1 saturated heterocycles. The molecular weight excluding hydrogens is 206 g/mol. The Hall–Kier alpha value is -1.55. The molecule has 4 nitrogen and oxygen atoms in total. The van der Waals surface area contributed by atoms with Crippen LogP contribution in [0.4, 0.5) is 4.79 Å². The van der Waals surface area contributed by atoms with E-state index >= 15 is 0 Å². The van der Waals surface area contributed by atoms with Crippen molar-refractivity contribution < 1.29 is 15.0 Å². The van der Waals surface area contributed by atoms with Crippen LogP contribution in [0, 0.1) is 0 Å². The Balaban J connectivity index is 2.10. The van der Waals surface area contributed by atoms with Crippen molar-refractivity contribution in [3.63, 3.8) is 0 Å². The summed E-state index contributed by atoms with van der Waals surface area (Å²) >= 11 is 0. The summed E-state index contributed by atoms with van der Waals surface area (Å²) in [5.74, 6) is 0. The maximum absolute atomic E-state index is 10.9. The predicted molar refractivity (Wildman–Crippen MR) is 56.7 cm³/mol. The van der Waals surface area contributed by atoms with Crippen LogP contribution in [0.3, 0.4) is 0 Å². The number of nitrogens with zero attached hydrogens (tertiary/aromatic N) is 1. The van der Waals surface area contributed by atoms with Crippen LogP contribution in [0.2, 0.25) is 0 Å². The summed E-state index contributed by atoms with van der Waals surface area (Å²) in [7, 11) is 0. The molecule has 1 aromatic rings. The molecule has 16 heavy (non-hydrogen) atoms. The van der Waals surface area contributed by atoms with Crippen molar-refractivity contribution in [1.82, 2.24) is 4.90 Å². The normalized spacial score (nSPS) is 24.7. The fourth-order valence-electron chi connectivity index (χ4n) is 2.17. The Kier molecular flexibility index (Phi) is 3.10. The Morgan fingerprint density at radius 2 is 2.12 bits per heavy atom. The van der Waals surface area contributed by atoms with Crippen LogP contribution in [0.25, 0.3) is 0 Å².